The summed E-state index contributed by atoms with van der Waals surface area (Å²) in [5.41, 5.74) is 1.34. The summed E-state index contributed by atoms with van der Waals surface area (Å²) in [7, 11) is 1.57. The van der Waals surface area contributed by atoms with Crippen molar-refractivity contribution in [3.05, 3.63) is 47.5 Å². The van der Waals surface area contributed by atoms with E-state index in [1.807, 2.05) is 18.2 Å². The molecular weight excluding hydrogens is 322 g/mol. The zero-order valence-electron chi connectivity index (χ0n) is 11.6. The Morgan fingerprint density at radius 1 is 1.18 bits per heavy atom. The maximum Gasteiger partial charge on any atom is 0.325 e. The van der Waals surface area contributed by atoms with E-state index in [0.29, 0.717) is 27.1 Å². The zero-order chi connectivity index (χ0) is 15.5. The lowest BCUT2D eigenvalue weighted by molar-refractivity contribution is 0.262. The number of urea groups is 1. The van der Waals surface area contributed by atoms with Gasteiger partial charge in [-0.2, -0.15) is 0 Å². The molecule has 5 nitrogen and oxygen atoms in total. The van der Waals surface area contributed by atoms with Gasteiger partial charge in [0.05, 0.1) is 16.8 Å². The van der Waals surface area contributed by atoms with Gasteiger partial charge in [0.15, 0.2) is 5.13 Å². The lowest BCUT2D eigenvalue weighted by atomic mass is 10.3. The van der Waals surface area contributed by atoms with E-state index in [2.05, 4.69) is 15.6 Å². The Morgan fingerprint density at radius 2 is 1.95 bits per heavy atom. The summed E-state index contributed by atoms with van der Waals surface area (Å²) < 4.78 is 6.03. The number of aromatic nitrogens is 1. The van der Waals surface area contributed by atoms with Crippen LogP contribution >= 0.6 is 22.9 Å². The highest BCUT2D eigenvalue weighted by molar-refractivity contribution is 7.23. The van der Waals surface area contributed by atoms with Gasteiger partial charge < -0.3 is 10.1 Å². The Hall–Kier alpha value is -2.31. The van der Waals surface area contributed by atoms with E-state index in [4.69, 9.17) is 16.3 Å². The minimum Gasteiger partial charge on any atom is -0.494 e. The highest BCUT2D eigenvalue weighted by Gasteiger charge is 2.13. The molecule has 0 saturated heterocycles. The van der Waals surface area contributed by atoms with Gasteiger partial charge in [0.25, 0.3) is 0 Å². The van der Waals surface area contributed by atoms with Crippen molar-refractivity contribution in [3.8, 4) is 5.75 Å². The number of hydrogen-bond acceptors (Lipinski definition) is 4. The first-order valence-electron chi connectivity index (χ1n) is 6.43. The highest BCUT2D eigenvalue weighted by Crippen LogP contribution is 2.37. The van der Waals surface area contributed by atoms with Crippen LogP contribution in [0.1, 0.15) is 0 Å². The van der Waals surface area contributed by atoms with Crippen LogP contribution in [0.25, 0.3) is 10.2 Å². The summed E-state index contributed by atoms with van der Waals surface area (Å²) in [5, 5.41) is 6.46. The molecular formula is C15H12ClN3O2S. The second-order valence-electron chi connectivity index (χ2n) is 4.39. The fraction of sp³-hybridized carbons (Fsp3) is 0.0667. The molecule has 0 bridgehead atoms. The van der Waals surface area contributed by atoms with E-state index in [1.54, 1.807) is 31.4 Å². The highest BCUT2D eigenvalue weighted by atomic mass is 35.5. The van der Waals surface area contributed by atoms with E-state index < -0.39 is 0 Å². The fourth-order valence-electron chi connectivity index (χ4n) is 1.95. The summed E-state index contributed by atoms with van der Waals surface area (Å²) in [6.45, 7) is 0. The molecule has 3 aromatic rings. The normalized spacial score (nSPS) is 10.5. The second kappa shape index (κ2) is 6.21. The van der Waals surface area contributed by atoms with Crippen LogP contribution in [0.2, 0.25) is 5.02 Å². The van der Waals surface area contributed by atoms with Crippen molar-refractivity contribution in [1.82, 2.24) is 4.98 Å². The van der Waals surface area contributed by atoms with Crippen LogP contribution in [0, 0.1) is 0 Å². The largest absolute Gasteiger partial charge is 0.494 e. The first-order valence-corrected chi connectivity index (χ1v) is 7.63. The van der Waals surface area contributed by atoms with Crippen LogP contribution in [-0.4, -0.2) is 18.1 Å². The summed E-state index contributed by atoms with van der Waals surface area (Å²) in [6.07, 6.45) is 0. The minimum atomic E-state index is -0.361. The summed E-state index contributed by atoms with van der Waals surface area (Å²) in [4.78, 5) is 16.3. The van der Waals surface area contributed by atoms with Crippen LogP contribution < -0.4 is 15.4 Å². The number of thiazole rings is 1. The van der Waals surface area contributed by atoms with E-state index in [0.717, 1.165) is 4.70 Å². The maximum atomic E-state index is 12.0. The molecule has 0 aliphatic heterocycles. The summed E-state index contributed by atoms with van der Waals surface area (Å²) >= 11 is 7.45. The quantitative estimate of drug-likeness (QED) is 0.736. The number of para-hydroxylation sites is 1. The number of hydrogen-bond donors (Lipinski definition) is 2. The van der Waals surface area contributed by atoms with Crippen LogP contribution in [0.5, 0.6) is 5.75 Å². The maximum absolute atomic E-state index is 12.0. The first kappa shape index (κ1) is 14.6. The predicted octanol–water partition coefficient (Wildman–Crippen LogP) is 4.60. The van der Waals surface area contributed by atoms with Gasteiger partial charge in [0.1, 0.15) is 11.3 Å². The van der Waals surface area contributed by atoms with Gasteiger partial charge in [-0.25, -0.2) is 9.78 Å². The number of anilines is 2. The standard InChI is InChI=1S/C15H12ClN3O2S/c1-21-11-8-7-10(16)13-12(11)18-15(22-13)19-14(20)17-9-5-3-2-4-6-9/h2-8H,1H3,(H2,17,18,19,20). The van der Waals surface area contributed by atoms with Gasteiger partial charge >= 0.3 is 6.03 Å². The fourth-order valence-corrected chi connectivity index (χ4v) is 3.10. The molecule has 0 spiro atoms. The smallest absolute Gasteiger partial charge is 0.325 e. The molecule has 0 aliphatic carbocycles. The van der Waals surface area contributed by atoms with Crippen molar-refractivity contribution in [2.75, 3.05) is 17.7 Å². The first-order chi connectivity index (χ1) is 10.7. The average Bonchev–Trinajstić information content (AvgIpc) is 2.93. The van der Waals surface area contributed by atoms with E-state index in [1.165, 1.54) is 11.3 Å². The SMILES string of the molecule is COc1ccc(Cl)c2sc(NC(=O)Nc3ccccc3)nc12. The van der Waals surface area contributed by atoms with Crippen LogP contribution in [-0.2, 0) is 0 Å². The average molecular weight is 334 g/mol. The number of amides is 2. The molecule has 1 heterocycles. The van der Waals surface area contributed by atoms with Crippen LogP contribution in [0.15, 0.2) is 42.5 Å². The van der Waals surface area contributed by atoms with Gasteiger partial charge in [0.2, 0.25) is 0 Å². The molecule has 0 atom stereocenters. The molecule has 2 N–H and O–H groups in total. The molecule has 2 aromatic carbocycles. The van der Waals surface area contributed by atoms with Crippen LogP contribution in [0.4, 0.5) is 15.6 Å². The van der Waals surface area contributed by atoms with Gasteiger partial charge in [-0.05, 0) is 24.3 Å². The molecule has 0 fully saturated rings. The van der Waals surface area contributed by atoms with Crippen molar-refractivity contribution in [2.45, 2.75) is 0 Å². The number of nitrogens with zero attached hydrogens (tertiary/aromatic N) is 1. The molecule has 3 rings (SSSR count). The number of methoxy groups -OCH3 is 1. The molecule has 2 amide bonds. The van der Waals surface area contributed by atoms with Crippen molar-refractivity contribution in [2.24, 2.45) is 0 Å². The Bertz CT molecular complexity index is 820. The lowest BCUT2D eigenvalue weighted by Crippen LogP contribution is -2.19. The zero-order valence-corrected chi connectivity index (χ0v) is 13.2. The van der Waals surface area contributed by atoms with Gasteiger partial charge in [-0.3, -0.25) is 5.32 Å². The van der Waals surface area contributed by atoms with Crippen molar-refractivity contribution >= 4 is 50.0 Å². The van der Waals surface area contributed by atoms with Crippen molar-refractivity contribution < 1.29 is 9.53 Å². The van der Waals surface area contributed by atoms with Gasteiger partial charge in [-0.1, -0.05) is 41.1 Å². The minimum absolute atomic E-state index is 0.361. The third-order valence-corrected chi connectivity index (χ3v) is 4.36. The number of benzene rings is 2. The predicted molar refractivity (Wildman–Crippen MR) is 90.3 cm³/mol. The molecule has 0 unspecified atom stereocenters. The number of rotatable bonds is 3. The second-order valence-corrected chi connectivity index (χ2v) is 5.80. The topological polar surface area (TPSA) is 63.2 Å². The molecule has 7 heteroatoms. The number of carbonyl (C=O) groups excluding carboxylic acids is 1. The number of ether oxygens (including phenoxy) is 1. The van der Waals surface area contributed by atoms with E-state index in [9.17, 15) is 4.79 Å². The van der Waals surface area contributed by atoms with E-state index in [-0.39, 0.29) is 6.03 Å². The number of nitrogens with one attached hydrogen (secondary N) is 2. The van der Waals surface area contributed by atoms with Gasteiger partial charge in [0, 0.05) is 5.69 Å². The lowest BCUT2D eigenvalue weighted by Gasteiger charge is -2.04. The molecule has 0 radical (unpaired) electrons. The number of carbonyl (C=O) groups is 1. The number of halogens is 1. The van der Waals surface area contributed by atoms with Crippen LogP contribution in [0.3, 0.4) is 0 Å². The Labute approximate surface area is 135 Å². The van der Waals surface area contributed by atoms with Crippen molar-refractivity contribution in [3.63, 3.8) is 0 Å². The Balaban J connectivity index is 1.82. The van der Waals surface area contributed by atoms with Crippen molar-refractivity contribution in [1.29, 1.82) is 0 Å². The molecule has 1 aromatic heterocycles. The van der Waals surface area contributed by atoms with E-state index >= 15 is 0 Å². The number of fused-ring (bicyclic) bond motifs is 1. The third-order valence-electron chi connectivity index (χ3n) is 2.93. The Kier molecular flexibility index (Phi) is 4.13. The van der Waals surface area contributed by atoms with Gasteiger partial charge in [-0.15, -0.1) is 0 Å². The monoisotopic (exact) mass is 333 g/mol. The summed E-state index contributed by atoms with van der Waals surface area (Å²) in [6, 6.07) is 12.3. The summed E-state index contributed by atoms with van der Waals surface area (Å²) in [5.74, 6) is 0.618. The molecule has 0 aliphatic rings. The molecule has 0 saturated carbocycles. The Morgan fingerprint density at radius 3 is 2.68 bits per heavy atom. The molecule has 22 heavy (non-hydrogen) atoms. The third kappa shape index (κ3) is 2.98. The molecule has 112 valence electrons.